The average Bonchev–Trinajstić information content (AvgIpc) is 3.20. The molecule has 0 bridgehead atoms. The molecule has 0 fully saturated rings. The van der Waals surface area contributed by atoms with Crippen molar-refractivity contribution in [2.24, 2.45) is 0 Å². The molecule has 4 rings (SSSR count). The quantitative estimate of drug-likeness (QED) is 0.439. The van der Waals surface area contributed by atoms with Gasteiger partial charge >= 0.3 is 0 Å². The van der Waals surface area contributed by atoms with Crippen LogP contribution in [0.1, 0.15) is 12.0 Å². The predicted octanol–water partition coefficient (Wildman–Crippen LogP) is 5.12. The number of rotatable bonds is 6. The van der Waals surface area contributed by atoms with Crippen LogP contribution in [0.25, 0.3) is 21.3 Å². The molecule has 6 nitrogen and oxygen atoms in total. The number of thiophene rings is 1. The van der Waals surface area contributed by atoms with E-state index in [1.54, 1.807) is 25.3 Å². The number of nitrogens with zero attached hydrogens (tertiary/aromatic N) is 2. The van der Waals surface area contributed by atoms with E-state index in [4.69, 9.17) is 16.3 Å². The monoisotopic (exact) mass is 453 g/mol. The summed E-state index contributed by atoms with van der Waals surface area (Å²) in [6.45, 7) is 2.23. The Morgan fingerprint density at radius 1 is 1.23 bits per heavy atom. The molecule has 0 atom stereocenters. The van der Waals surface area contributed by atoms with Gasteiger partial charge in [-0.25, -0.2) is 4.98 Å². The average molecular weight is 454 g/mol. The number of fused-ring (bicyclic) bond motifs is 1. The minimum absolute atomic E-state index is 0.111. The first-order valence-corrected chi connectivity index (χ1v) is 10.9. The van der Waals surface area contributed by atoms with E-state index in [1.165, 1.54) is 22.2 Å². The molecular formula is C23H20ClN3O3S. The summed E-state index contributed by atoms with van der Waals surface area (Å²) in [6, 6.07) is 13.1. The number of hydrogen-bond donors (Lipinski definition) is 1. The zero-order chi connectivity index (χ0) is 22.0. The normalized spacial score (nSPS) is 10.9. The Labute approximate surface area is 188 Å². The van der Waals surface area contributed by atoms with Crippen LogP contribution >= 0.6 is 22.9 Å². The van der Waals surface area contributed by atoms with Gasteiger partial charge < -0.3 is 10.1 Å². The number of methoxy groups -OCH3 is 1. The van der Waals surface area contributed by atoms with Crippen molar-refractivity contribution in [2.45, 2.75) is 19.9 Å². The second-order valence-corrected chi connectivity index (χ2v) is 8.35. The molecule has 0 aliphatic heterocycles. The maximum Gasteiger partial charge on any atom is 0.262 e. The lowest BCUT2D eigenvalue weighted by Crippen LogP contribution is -2.23. The predicted molar refractivity (Wildman–Crippen MR) is 125 cm³/mol. The van der Waals surface area contributed by atoms with Crippen molar-refractivity contribution >= 4 is 44.7 Å². The number of aromatic nitrogens is 2. The minimum atomic E-state index is -0.247. The summed E-state index contributed by atoms with van der Waals surface area (Å²) in [5.41, 5.74) is 3.33. The third kappa shape index (κ3) is 4.47. The fourth-order valence-corrected chi connectivity index (χ4v) is 4.36. The molecule has 2 heterocycles. The Kier molecular flexibility index (Phi) is 6.06. The third-order valence-electron chi connectivity index (χ3n) is 4.95. The lowest BCUT2D eigenvalue weighted by Gasteiger charge is -2.10. The molecule has 0 saturated heterocycles. The number of carbonyl (C=O) groups excluding carboxylic acids is 1. The van der Waals surface area contributed by atoms with Crippen LogP contribution < -0.4 is 15.6 Å². The molecule has 0 saturated carbocycles. The molecule has 4 aromatic rings. The van der Waals surface area contributed by atoms with Gasteiger partial charge in [0.2, 0.25) is 5.91 Å². The number of halogens is 1. The second kappa shape index (κ2) is 8.91. The zero-order valence-electron chi connectivity index (χ0n) is 17.0. The van der Waals surface area contributed by atoms with E-state index >= 15 is 0 Å². The van der Waals surface area contributed by atoms with Crippen LogP contribution in [0.4, 0.5) is 5.69 Å². The summed E-state index contributed by atoms with van der Waals surface area (Å²) in [4.78, 5) is 30.6. The largest absolute Gasteiger partial charge is 0.497 e. The van der Waals surface area contributed by atoms with Crippen molar-refractivity contribution in [2.75, 3.05) is 12.4 Å². The van der Waals surface area contributed by atoms with Crippen molar-refractivity contribution < 1.29 is 9.53 Å². The van der Waals surface area contributed by atoms with Gasteiger partial charge in [0.05, 0.1) is 29.5 Å². The molecular weight excluding hydrogens is 434 g/mol. The fourth-order valence-electron chi connectivity index (χ4n) is 3.23. The van der Waals surface area contributed by atoms with Crippen LogP contribution in [0.15, 0.2) is 59.0 Å². The highest BCUT2D eigenvalue weighted by molar-refractivity contribution is 7.17. The first-order valence-electron chi connectivity index (χ1n) is 9.63. The van der Waals surface area contributed by atoms with Crippen LogP contribution in [0.5, 0.6) is 5.75 Å². The summed E-state index contributed by atoms with van der Waals surface area (Å²) >= 11 is 7.61. The van der Waals surface area contributed by atoms with E-state index in [2.05, 4.69) is 10.3 Å². The Balaban J connectivity index is 1.53. The summed E-state index contributed by atoms with van der Waals surface area (Å²) in [5.74, 6) is 0.359. The van der Waals surface area contributed by atoms with Crippen molar-refractivity contribution in [3.63, 3.8) is 0 Å². The molecule has 0 spiro atoms. The summed E-state index contributed by atoms with van der Waals surface area (Å²) in [5, 5.41) is 5.68. The fraction of sp³-hybridized carbons (Fsp3) is 0.174. The topological polar surface area (TPSA) is 73.2 Å². The van der Waals surface area contributed by atoms with Gasteiger partial charge in [-0.15, -0.1) is 11.3 Å². The van der Waals surface area contributed by atoms with E-state index in [-0.39, 0.29) is 24.4 Å². The molecule has 0 aliphatic carbocycles. The first kappa shape index (κ1) is 21.1. The van der Waals surface area contributed by atoms with E-state index in [0.29, 0.717) is 26.7 Å². The summed E-state index contributed by atoms with van der Waals surface area (Å²) in [6.07, 6.45) is 1.60. The molecule has 0 unspecified atom stereocenters. The van der Waals surface area contributed by atoms with Crippen LogP contribution in [0, 0.1) is 6.92 Å². The molecule has 8 heteroatoms. The van der Waals surface area contributed by atoms with E-state index in [9.17, 15) is 9.59 Å². The maximum atomic E-state index is 13.1. The van der Waals surface area contributed by atoms with Gasteiger partial charge in [0.1, 0.15) is 10.6 Å². The number of anilines is 1. The van der Waals surface area contributed by atoms with Crippen LogP contribution in [0.3, 0.4) is 0 Å². The maximum absolute atomic E-state index is 13.1. The highest BCUT2D eigenvalue weighted by atomic mass is 35.5. The lowest BCUT2D eigenvalue weighted by atomic mass is 10.1. The van der Waals surface area contributed by atoms with E-state index in [0.717, 1.165) is 16.7 Å². The third-order valence-corrected chi connectivity index (χ3v) is 6.15. The van der Waals surface area contributed by atoms with E-state index in [1.807, 2.05) is 36.6 Å². The first-order chi connectivity index (χ1) is 15.0. The molecule has 31 heavy (non-hydrogen) atoms. The highest BCUT2D eigenvalue weighted by Gasteiger charge is 2.14. The Bertz CT molecular complexity index is 1310. The second-order valence-electron chi connectivity index (χ2n) is 7.08. The molecule has 0 aliphatic rings. The van der Waals surface area contributed by atoms with Gasteiger partial charge in [-0.1, -0.05) is 41.4 Å². The Hall–Kier alpha value is -3.16. The van der Waals surface area contributed by atoms with Gasteiger partial charge in [-0.3, -0.25) is 14.2 Å². The molecule has 0 radical (unpaired) electrons. The van der Waals surface area contributed by atoms with Crippen molar-refractivity contribution in [3.05, 3.63) is 75.1 Å². The zero-order valence-corrected chi connectivity index (χ0v) is 18.6. The van der Waals surface area contributed by atoms with Crippen LogP contribution in [0.2, 0.25) is 5.02 Å². The number of benzene rings is 2. The van der Waals surface area contributed by atoms with Crippen molar-refractivity contribution in [1.82, 2.24) is 9.55 Å². The molecule has 158 valence electrons. The van der Waals surface area contributed by atoms with Gasteiger partial charge in [-0.05, 0) is 24.6 Å². The molecule has 2 aromatic heterocycles. The molecule has 2 aromatic carbocycles. The van der Waals surface area contributed by atoms with Gasteiger partial charge in [0, 0.05) is 30.0 Å². The number of carbonyl (C=O) groups is 1. The number of aryl methyl sites for hydroxylation is 2. The molecule has 1 amide bonds. The van der Waals surface area contributed by atoms with Gasteiger partial charge in [-0.2, -0.15) is 0 Å². The van der Waals surface area contributed by atoms with Gasteiger partial charge in [0.15, 0.2) is 0 Å². The molecule has 1 N–H and O–H groups in total. The van der Waals surface area contributed by atoms with Crippen LogP contribution in [-0.2, 0) is 11.3 Å². The summed E-state index contributed by atoms with van der Waals surface area (Å²) in [7, 11) is 1.55. The number of amides is 1. The smallest absolute Gasteiger partial charge is 0.262 e. The Morgan fingerprint density at radius 3 is 2.71 bits per heavy atom. The van der Waals surface area contributed by atoms with Gasteiger partial charge in [0.25, 0.3) is 5.56 Å². The minimum Gasteiger partial charge on any atom is -0.497 e. The van der Waals surface area contributed by atoms with E-state index < -0.39 is 0 Å². The van der Waals surface area contributed by atoms with Crippen molar-refractivity contribution in [3.8, 4) is 16.9 Å². The van der Waals surface area contributed by atoms with Crippen molar-refractivity contribution in [1.29, 1.82) is 0 Å². The Morgan fingerprint density at radius 2 is 2.00 bits per heavy atom. The highest BCUT2D eigenvalue weighted by Crippen LogP contribution is 2.31. The van der Waals surface area contributed by atoms with Crippen LogP contribution in [-0.4, -0.2) is 22.6 Å². The number of nitrogens with one attached hydrogen (secondary N) is 1. The lowest BCUT2D eigenvalue weighted by molar-refractivity contribution is -0.116. The number of hydrogen-bond acceptors (Lipinski definition) is 5. The SMILES string of the molecule is COc1ccc(NC(=O)CCn2cnc3scc(-c4ccc(C)cc4)c3c2=O)c(Cl)c1. The summed E-state index contributed by atoms with van der Waals surface area (Å²) < 4.78 is 6.58. The standard InChI is InChI=1S/C23H20ClN3O3S/c1-14-3-5-15(6-4-14)17-12-31-22-21(17)23(29)27(13-25-22)10-9-20(28)26-19-8-7-16(30-2)11-18(19)24/h3-8,11-13H,9-10H2,1-2H3,(H,26,28). The number of ether oxygens (including phenoxy) is 1.